The number of allylic oxidation sites excluding steroid dienone is 1. The summed E-state index contributed by atoms with van der Waals surface area (Å²) in [6.45, 7) is 2.72. The highest BCUT2D eigenvalue weighted by molar-refractivity contribution is 7.99. The molecule has 2 aromatic carbocycles. The van der Waals surface area contributed by atoms with Crippen molar-refractivity contribution >= 4 is 46.6 Å². The molecule has 0 aliphatic carbocycles. The van der Waals surface area contributed by atoms with E-state index < -0.39 is 0 Å². The monoisotopic (exact) mass is 381 g/mol. The number of aromatic nitrogens is 2. The van der Waals surface area contributed by atoms with Gasteiger partial charge in [-0.2, -0.15) is 5.10 Å². The third kappa shape index (κ3) is 3.28. The van der Waals surface area contributed by atoms with Gasteiger partial charge < -0.3 is 5.32 Å². The lowest BCUT2D eigenvalue weighted by molar-refractivity contribution is 0.104. The van der Waals surface area contributed by atoms with E-state index in [0.29, 0.717) is 16.3 Å². The van der Waals surface area contributed by atoms with Gasteiger partial charge in [-0.15, -0.1) is 0 Å². The Morgan fingerprint density at radius 3 is 2.85 bits per heavy atom. The minimum Gasteiger partial charge on any atom is -0.354 e. The first-order valence-corrected chi connectivity index (χ1v) is 9.47. The van der Waals surface area contributed by atoms with Crippen molar-refractivity contribution in [2.45, 2.75) is 23.3 Å². The van der Waals surface area contributed by atoms with Gasteiger partial charge in [-0.25, -0.2) is 0 Å². The van der Waals surface area contributed by atoms with E-state index in [-0.39, 0.29) is 5.78 Å². The maximum absolute atomic E-state index is 12.5. The molecule has 6 heteroatoms. The van der Waals surface area contributed by atoms with Crippen molar-refractivity contribution in [3.8, 4) is 0 Å². The molecule has 0 amide bonds. The average Bonchev–Trinajstić information content (AvgIpc) is 3.03. The number of anilines is 2. The van der Waals surface area contributed by atoms with Crippen LogP contribution in [0.1, 0.15) is 23.0 Å². The van der Waals surface area contributed by atoms with E-state index in [1.807, 2.05) is 43.3 Å². The molecule has 0 radical (unpaired) electrons. The molecule has 26 heavy (non-hydrogen) atoms. The second kappa shape index (κ2) is 7.02. The van der Waals surface area contributed by atoms with Gasteiger partial charge in [0.25, 0.3) is 0 Å². The Hall–Kier alpha value is -2.50. The molecule has 130 valence electrons. The summed E-state index contributed by atoms with van der Waals surface area (Å²) in [6, 6.07) is 13.8. The SMILES string of the molecule is CCn1cc(Cl)c(/C=C/C(=O)c2ccc3c(c2)Nc2ccccc2S3)n1. The van der Waals surface area contributed by atoms with Gasteiger partial charge in [0, 0.05) is 28.1 Å². The Morgan fingerprint density at radius 2 is 2.04 bits per heavy atom. The van der Waals surface area contributed by atoms with Crippen molar-refractivity contribution in [3.05, 3.63) is 71.0 Å². The van der Waals surface area contributed by atoms with Gasteiger partial charge >= 0.3 is 0 Å². The minimum absolute atomic E-state index is 0.0828. The van der Waals surface area contributed by atoms with Crippen LogP contribution < -0.4 is 5.32 Å². The highest BCUT2D eigenvalue weighted by atomic mass is 35.5. The van der Waals surface area contributed by atoms with Crippen molar-refractivity contribution < 1.29 is 4.79 Å². The molecule has 1 aliphatic heterocycles. The van der Waals surface area contributed by atoms with Crippen LogP contribution in [0, 0.1) is 0 Å². The van der Waals surface area contributed by atoms with Crippen LogP contribution in [0.5, 0.6) is 0 Å². The fraction of sp³-hybridized carbons (Fsp3) is 0.100. The number of rotatable bonds is 4. The molecule has 1 N–H and O–H groups in total. The van der Waals surface area contributed by atoms with E-state index in [4.69, 9.17) is 11.6 Å². The van der Waals surface area contributed by atoms with Crippen LogP contribution >= 0.6 is 23.4 Å². The van der Waals surface area contributed by atoms with Gasteiger partial charge in [0.05, 0.1) is 16.4 Å². The standard InChI is InChI=1S/C20H16ClN3OS/c1-2-24-12-14(21)15(23-24)8-9-18(25)13-7-10-20-17(11-13)22-16-5-3-4-6-19(16)26-20/h3-12,22H,2H2,1H3/b9-8+. The predicted octanol–water partition coefficient (Wildman–Crippen LogP) is 5.66. The molecule has 1 aliphatic rings. The van der Waals surface area contributed by atoms with Crippen molar-refractivity contribution in [3.63, 3.8) is 0 Å². The third-order valence-corrected chi connectivity index (χ3v) is 5.54. The summed E-state index contributed by atoms with van der Waals surface area (Å²) in [7, 11) is 0. The predicted molar refractivity (Wildman–Crippen MR) is 107 cm³/mol. The highest BCUT2D eigenvalue weighted by Crippen LogP contribution is 2.44. The molecule has 4 nitrogen and oxygen atoms in total. The second-order valence-electron chi connectivity index (χ2n) is 5.85. The topological polar surface area (TPSA) is 46.9 Å². The number of benzene rings is 2. The molecule has 3 aromatic rings. The molecule has 0 saturated carbocycles. The van der Waals surface area contributed by atoms with Gasteiger partial charge in [-0.3, -0.25) is 9.48 Å². The number of nitrogens with zero attached hydrogens (tertiary/aromatic N) is 2. The Morgan fingerprint density at radius 1 is 1.23 bits per heavy atom. The van der Waals surface area contributed by atoms with E-state index in [1.54, 1.807) is 28.7 Å². The molecule has 0 bridgehead atoms. The van der Waals surface area contributed by atoms with Gasteiger partial charge in [0.2, 0.25) is 0 Å². The fourth-order valence-corrected chi connectivity index (χ4v) is 3.91. The zero-order valence-electron chi connectivity index (χ0n) is 14.1. The number of hydrogen-bond donors (Lipinski definition) is 1. The van der Waals surface area contributed by atoms with Gasteiger partial charge in [-0.05, 0) is 49.4 Å². The van der Waals surface area contributed by atoms with Gasteiger partial charge in [-0.1, -0.05) is 35.5 Å². The van der Waals surface area contributed by atoms with Crippen molar-refractivity contribution in [1.82, 2.24) is 9.78 Å². The first-order chi connectivity index (χ1) is 12.6. The van der Waals surface area contributed by atoms with Crippen LogP contribution in [0.25, 0.3) is 6.08 Å². The maximum Gasteiger partial charge on any atom is 0.185 e. The maximum atomic E-state index is 12.5. The van der Waals surface area contributed by atoms with Crippen LogP contribution in [0.3, 0.4) is 0 Å². The normalized spacial score (nSPS) is 12.5. The summed E-state index contributed by atoms with van der Waals surface area (Å²) in [6.07, 6.45) is 4.93. The smallest absolute Gasteiger partial charge is 0.185 e. The molecular formula is C20H16ClN3OS. The number of halogens is 1. The summed E-state index contributed by atoms with van der Waals surface area (Å²) < 4.78 is 1.74. The summed E-state index contributed by atoms with van der Waals surface area (Å²) in [4.78, 5) is 14.8. The van der Waals surface area contributed by atoms with E-state index in [1.165, 1.54) is 11.0 Å². The molecule has 1 aromatic heterocycles. The highest BCUT2D eigenvalue weighted by Gasteiger charge is 2.16. The number of fused-ring (bicyclic) bond motifs is 2. The summed E-state index contributed by atoms with van der Waals surface area (Å²) >= 11 is 7.84. The first kappa shape index (κ1) is 16.9. The van der Waals surface area contributed by atoms with Gasteiger partial charge in [0.15, 0.2) is 5.78 Å². The summed E-state index contributed by atoms with van der Waals surface area (Å²) in [5.41, 5.74) is 3.23. The Bertz CT molecular complexity index is 1030. The summed E-state index contributed by atoms with van der Waals surface area (Å²) in [5, 5.41) is 8.25. The first-order valence-electron chi connectivity index (χ1n) is 8.27. The van der Waals surface area contributed by atoms with Crippen molar-refractivity contribution in [2.75, 3.05) is 5.32 Å². The molecule has 0 saturated heterocycles. The number of carbonyl (C=O) groups is 1. The molecule has 0 atom stereocenters. The number of ketones is 1. The molecule has 0 unspecified atom stereocenters. The number of nitrogens with one attached hydrogen (secondary N) is 1. The van der Waals surface area contributed by atoms with Crippen LogP contribution in [0.2, 0.25) is 5.02 Å². The lowest BCUT2D eigenvalue weighted by Gasteiger charge is -2.20. The number of hydrogen-bond acceptors (Lipinski definition) is 4. The van der Waals surface area contributed by atoms with Crippen LogP contribution in [-0.4, -0.2) is 15.6 Å². The van der Waals surface area contributed by atoms with E-state index in [0.717, 1.165) is 22.8 Å². The Labute approximate surface area is 160 Å². The molecular weight excluding hydrogens is 366 g/mol. The van der Waals surface area contributed by atoms with Crippen molar-refractivity contribution in [1.29, 1.82) is 0 Å². The largest absolute Gasteiger partial charge is 0.354 e. The van der Waals surface area contributed by atoms with Crippen LogP contribution in [0.4, 0.5) is 11.4 Å². The zero-order valence-corrected chi connectivity index (χ0v) is 15.6. The second-order valence-corrected chi connectivity index (χ2v) is 7.34. The summed E-state index contributed by atoms with van der Waals surface area (Å²) in [5.74, 6) is -0.0828. The lowest BCUT2D eigenvalue weighted by atomic mass is 10.1. The van der Waals surface area contributed by atoms with E-state index in [2.05, 4.69) is 16.5 Å². The van der Waals surface area contributed by atoms with Crippen molar-refractivity contribution in [2.24, 2.45) is 0 Å². The van der Waals surface area contributed by atoms with Gasteiger partial charge in [0.1, 0.15) is 5.69 Å². The van der Waals surface area contributed by atoms with Crippen LogP contribution in [-0.2, 0) is 6.54 Å². The number of para-hydroxylation sites is 1. The number of aryl methyl sites for hydroxylation is 1. The average molecular weight is 382 g/mol. The van der Waals surface area contributed by atoms with E-state index >= 15 is 0 Å². The minimum atomic E-state index is -0.0828. The third-order valence-electron chi connectivity index (χ3n) is 4.10. The Kier molecular flexibility index (Phi) is 4.57. The zero-order chi connectivity index (χ0) is 18.1. The molecule has 4 rings (SSSR count). The quantitative estimate of drug-likeness (QED) is 0.366. The molecule has 0 fully saturated rings. The Balaban J connectivity index is 1.56. The molecule has 0 spiro atoms. The number of carbonyl (C=O) groups excluding carboxylic acids is 1. The van der Waals surface area contributed by atoms with E-state index in [9.17, 15) is 4.79 Å². The molecule has 2 heterocycles. The van der Waals surface area contributed by atoms with Crippen LogP contribution in [0.15, 0.2) is 64.5 Å². The lowest BCUT2D eigenvalue weighted by Crippen LogP contribution is -2.02. The fourth-order valence-electron chi connectivity index (χ4n) is 2.73.